The van der Waals surface area contributed by atoms with E-state index in [-0.39, 0.29) is 5.91 Å². The van der Waals surface area contributed by atoms with Crippen LogP contribution in [0.5, 0.6) is 0 Å². The third-order valence-electron chi connectivity index (χ3n) is 2.20. The molecule has 0 aliphatic carbocycles. The van der Waals surface area contributed by atoms with Crippen molar-refractivity contribution in [2.24, 2.45) is 0 Å². The van der Waals surface area contributed by atoms with Gasteiger partial charge in [0.1, 0.15) is 0 Å². The fraction of sp³-hybridized carbons (Fsp3) is 0.364. The minimum Gasteiger partial charge on any atom is -0.342 e. The number of carbonyl (C=O) groups excluding carboxylic acids is 1. The molecule has 2 nitrogen and oxygen atoms in total. The van der Waals surface area contributed by atoms with Gasteiger partial charge in [-0.15, -0.1) is 0 Å². The number of hydrogen-bond donors (Lipinski definition) is 0. The number of carbonyl (C=O) groups is 1. The zero-order valence-corrected chi connectivity index (χ0v) is 8.37. The Morgan fingerprint density at radius 1 is 1.38 bits per heavy atom. The monoisotopic (exact) mass is 177 g/mol. The van der Waals surface area contributed by atoms with Gasteiger partial charge in [0.15, 0.2) is 0 Å². The number of aryl methyl sites for hydroxylation is 1. The topological polar surface area (TPSA) is 20.3 Å². The summed E-state index contributed by atoms with van der Waals surface area (Å²) in [5.41, 5.74) is 1.83. The van der Waals surface area contributed by atoms with E-state index in [1.54, 1.807) is 4.90 Å². The first-order valence-electron chi connectivity index (χ1n) is 4.48. The van der Waals surface area contributed by atoms with Gasteiger partial charge < -0.3 is 4.90 Å². The van der Waals surface area contributed by atoms with Crippen molar-refractivity contribution >= 4 is 5.91 Å². The third kappa shape index (κ3) is 2.08. The van der Waals surface area contributed by atoms with Gasteiger partial charge in [0.2, 0.25) is 0 Å². The molecule has 0 aliphatic heterocycles. The SMILES string of the molecule is CCN(C)C(=O)c1ccccc1C. The molecule has 0 saturated heterocycles. The second-order valence-electron chi connectivity index (χ2n) is 3.13. The Hall–Kier alpha value is -1.31. The zero-order valence-electron chi connectivity index (χ0n) is 8.37. The number of rotatable bonds is 2. The van der Waals surface area contributed by atoms with E-state index in [1.165, 1.54) is 0 Å². The largest absolute Gasteiger partial charge is 0.342 e. The van der Waals surface area contributed by atoms with Gasteiger partial charge in [-0.1, -0.05) is 18.2 Å². The molecule has 0 atom stereocenters. The summed E-state index contributed by atoms with van der Waals surface area (Å²) in [5.74, 6) is 0.0978. The summed E-state index contributed by atoms with van der Waals surface area (Å²) in [6, 6.07) is 7.66. The van der Waals surface area contributed by atoms with Crippen molar-refractivity contribution in [1.82, 2.24) is 4.90 Å². The van der Waals surface area contributed by atoms with Crippen LogP contribution in [0.15, 0.2) is 24.3 Å². The van der Waals surface area contributed by atoms with Gasteiger partial charge in [-0.2, -0.15) is 0 Å². The summed E-state index contributed by atoms with van der Waals surface area (Å²) >= 11 is 0. The van der Waals surface area contributed by atoms with Gasteiger partial charge in [-0.25, -0.2) is 0 Å². The first kappa shape index (κ1) is 9.78. The number of nitrogens with zero attached hydrogens (tertiary/aromatic N) is 1. The van der Waals surface area contributed by atoms with Crippen molar-refractivity contribution in [2.45, 2.75) is 13.8 Å². The fourth-order valence-electron chi connectivity index (χ4n) is 1.16. The van der Waals surface area contributed by atoms with E-state index in [1.807, 2.05) is 45.2 Å². The predicted molar refractivity (Wildman–Crippen MR) is 53.8 cm³/mol. The molecule has 1 rings (SSSR count). The quantitative estimate of drug-likeness (QED) is 0.677. The molecule has 1 aromatic carbocycles. The molecule has 0 aromatic heterocycles. The summed E-state index contributed by atoms with van der Waals surface area (Å²) in [5, 5.41) is 0. The lowest BCUT2D eigenvalue weighted by Gasteiger charge is -2.15. The Balaban J connectivity index is 2.95. The standard InChI is InChI=1S/C11H15NO/c1-4-12(3)11(13)10-8-6-5-7-9(10)2/h5-8H,4H2,1-3H3. The number of benzene rings is 1. The highest BCUT2D eigenvalue weighted by Crippen LogP contribution is 2.09. The average molecular weight is 177 g/mol. The smallest absolute Gasteiger partial charge is 0.253 e. The van der Waals surface area contributed by atoms with Gasteiger partial charge in [-0.05, 0) is 25.5 Å². The minimum absolute atomic E-state index is 0.0978. The summed E-state index contributed by atoms with van der Waals surface area (Å²) in [7, 11) is 1.81. The lowest BCUT2D eigenvalue weighted by atomic mass is 10.1. The van der Waals surface area contributed by atoms with Crippen LogP contribution in [-0.2, 0) is 0 Å². The maximum atomic E-state index is 11.7. The fourth-order valence-corrected chi connectivity index (χ4v) is 1.16. The van der Waals surface area contributed by atoms with E-state index in [2.05, 4.69) is 0 Å². The first-order valence-corrected chi connectivity index (χ1v) is 4.48. The van der Waals surface area contributed by atoms with E-state index in [9.17, 15) is 4.79 Å². The van der Waals surface area contributed by atoms with E-state index >= 15 is 0 Å². The second kappa shape index (κ2) is 4.08. The van der Waals surface area contributed by atoms with Gasteiger partial charge in [0.25, 0.3) is 5.91 Å². The second-order valence-corrected chi connectivity index (χ2v) is 3.13. The normalized spacial score (nSPS) is 9.77. The number of amides is 1. The van der Waals surface area contributed by atoms with E-state index in [4.69, 9.17) is 0 Å². The van der Waals surface area contributed by atoms with Gasteiger partial charge in [0.05, 0.1) is 0 Å². The van der Waals surface area contributed by atoms with Crippen molar-refractivity contribution in [2.75, 3.05) is 13.6 Å². The Morgan fingerprint density at radius 3 is 2.54 bits per heavy atom. The molecule has 0 heterocycles. The molecule has 0 bridgehead atoms. The molecule has 0 N–H and O–H groups in total. The molecule has 0 fully saturated rings. The molecule has 0 spiro atoms. The third-order valence-corrected chi connectivity index (χ3v) is 2.20. The van der Waals surface area contributed by atoms with Crippen LogP contribution in [0.3, 0.4) is 0 Å². The van der Waals surface area contributed by atoms with Crippen LogP contribution in [0, 0.1) is 6.92 Å². The molecule has 0 radical (unpaired) electrons. The maximum absolute atomic E-state index is 11.7. The molecule has 1 aromatic rings. The molecule has 2 heteroatoms. The zero-order chi connectivity index (χ0) is 9.84. The molecule has 1 amide bonds. The predicted octanol–water partition coefficient (Wildman–Crippen LogP) is 2.09. The Labute approximate surface area is 79.2 Å². The van der Waals surface area contributed by atoms with Crippen molar-refractivity contribution < 1.29 is 4.79 Å². The molecular weight excluding hydrogens is 162 g/mol. The minimum atomic E-state index is 0.0978. The van der Waals surface area contributed by atoms with Crippen molar-refractivity contribution in [3.05, 3.63) is 35.4 Å². The Morgan fingerprint density at radius 2 is 2.00 bits per heavy atom. The Kier molecular flexibility index (Phi) is 3.07. The van der Waals surface area contributed by atoms with Gasteiger partial charge in [0, 0.05) is 19.2 Å². The van der Waals surface area contributed by atoms with E-state index in [0.717, 1.165) is 17.7 Å². The van der Waals surface area contributed by atoms with Crippen molar-refractivity contribution in [3.8, 4) is 0 Å². The summed E-state index contributed by atoms with van der Waals surface area (Å²) in [6.07, 6.45) is 0. The molecule has 0 aliphatic rings. The highest BCUT2D eigenvalue weighted by atomic mass is 16.2. The number of hydrogen-bond acceptors (Lipinski definition) is 1. The molecule has 0 saturated carbocycles. The van der Waals surface area contributed by atoms with Crippen LogP contribution in [0.2, 0.25) is 0 Å². The van der Waals surface area contributed by atoms with Crippen LogP contribution in [0.1, 0.15) is 22.8 Å². The maximum Gasteiger partial charge on any atom is 0.253 e. The lowest BCUT2D eigenvalue weighted by Crippen LogP contribution is -2.26. The van der Waals surface area contributed by atoms with Crippen molar-refractivity contribution in [3.63, 3.8) is 0 Å². The summed E-state index contributed by atoms with van der Waals surface area (Å²) in [6.45, 7) is 4.67. The van der Waals surface area contributed by atoms with Crippen LogP contribution in [0.4, 0.5) is 0 Å². The highest BCUT2D eigenvalue weighted by Gasteiger charge is 2.10. The van der Waals surface area contributed by atoms with Crippen LogP contribution in [0.25, 0.3) is 0 Å². The van der Waals surface area contributed by atoms with Crippen LogP contribution >= 0.6 is 0 Å². The van der Waals surface area contributed by atoms with Crippen LogP contribution in [-0.4, -0.2) is 24.4 Å². The first-order chi connectivity index (χ1) is 6.16. The van der Waals surface area contributed by atoms with E-state index < -0.39 is 0 Å². The van der Waals surface area contributed by atoms with Gasteiger partial charge in [-0.3, -0.25) is 4.79 Å². The highest BCUT2D eigenvalue weighted by molar-refractivity contribution is 5.95. The average Bonchev–Trinajstić information content (AvgIpc) is 2.16. The van der Waals surface area contributed by atoms with E-state index in [0.29, 0.717) is 0 Å². The van der Waals surface area contributed by atoms with Crippen LogP contribution < -0.4 is 0 Å². The molecular formula is C11H15NO. The lowest BCUT2D eigenvalue weighted by molar-refractivity contribution is 0.0802. The summed E-state index contributed by atoms with van der Waals surface area (Å²) < 4.78 is 0. The van der Waals surface area contributed by atoms with Gasteiger partial charge >= 0.3 is 0 Å². The summed E-state index contributed by atoms with van der Waals surface area (Å²) in [4.78, 5) is 13.4. The Bertz CT molecular complexity index is 307. The molecule has 0 unspecified atom stereocenters. The van der Waals surface area contributed by atoms with Crippen molar-refractivity contribution in [1.29, 1.82) is 0 Å². The molecule has 70 valence electrons. The molecule has 13 heavy (non-hydrogen) atoms.